The second-order valence-electron chi connectivity index (χ2n) is 9.14. The van der Waals surface area contributed by atoms with Gasteiger partial charge < -0.3 is 9.80 Å². The molecule has 0 spiro atoms. The van der Waals surface area contributed by atoms with Crippen molar-refractivity contribution in [1.82, 2.24) is 24.6 Å². The van der Waals surface area contributed by atoms with Crippen molar-refractivity contribution in [1.29, 1.82) is 0 Å². The van der Waals surface area contributed by atoms with Gasteiger partial charge in [0.05, 0.1) is 28.5 Å². The number of hydrogen-bond donors (Lipinski definition) is 0. The number of carbonyl (C=O) groups is 2. The van der Waals surface area contributed by atoms with Crippen LogP contribution >= 0.6 is 31.9 Å². The minimum Gasteiger partial charge on any atom is -0.335 e. The first-order valence-corrected chi connectivity index (χ1v) is 13.5. The molecule has 0 radical (unpaired) electrons. The fraction of sp³-hybridized carbons (Fsp3) is 0.214. The summed E-state index contributed by atoms with van der Waals surface area (Å²) < 4.78 is 3.52. The van der Waals surface area contributed by atoms with Gasteiger partial charge in [-0.05, 0) is 55.0 Å². The van der Waals surface area contributed by atoms with Gasteiger partial charge in [0.15, 0.2) is 0 Å². The molecule has 2 aromatic heterocycles. The number of hydrogen-bond acceptors (Lipinski definition) is 4. The number of aromatic nitrogens is 3. The highest BCUT2D eigenvalue weighted by molar-refractivity contribution is 9.10. The summed E-state index contributed by atoms with van der Waals surface area (Å²) in [5.41, 5.74) is 3.65. The Balaban J connectivity index is 1.41. The van der Waals surface area contributed by atoms with Crippen molar-refractivity contribution in [3.63, 3.8) is 0 Å². The van der Waals surface area contributed by atoms with Crippen LogP contribution in [0.2, 0.25) is 0 Å². The average Bonchev–Trinajstić information content (AvgIpc) is 3.33. The molecule has 1 saturated heterocycles. The van der Waals surface area contributed by atoms with E-state index in [-0.39, 0.29) is 17.9 Å². The van der Waals surface area contributed by atoms with E-state index in [0.717, 1.165) is 25.4 Å². The molecule has 1 fully saturated rings. The van der Waals surface area contributed by atoms with Gasteiger partial charge in [-0.1, -0.05) is 50.1 Å². The van der Waals surface area contributed by atoms with Crippen LogP contribution in [0.5, 0.6) is 0 Å². The Morgan fingerprint density at radius 1 is 0.973 bits per heavy atom. The molecule has 1 aliphatic rings. The lowest BCUT2D eigenvalue weighted by Gasteiger charge is -2.39. The number of aryl methyl sites for hydroxylation is 1. The Labute approximate surface area is 232 Å². The van der Waals surface area contributed by atoms with Gasteiger partial charge >= 0.3 is 0 Å². The Morgan fingerprint density at radius 2 is 1.73 bits per heavy atom. The van der Waals surface area contributed by atoms with Crippen LogP contribution in [0.4, 0.5) is 0 Å². The van der Waals surface area contributed by atoms with Crippen LogP contribution < -0.4 is 0 Å². The Morgan fingerprint density at radius 3 is 2.43 bits per heavy atom. The molecule has 5 rings (SSSR count). The molecule has 37 heavy (non-hydrogen) atoms. The highest BCUT2D eigenvalue weighted by Gasteiger charge is 2.32. The third kappa shape index (κ3) is 5.52. The van der Waals surface area contributed by atoms with Crippen LogP contribution in [-0.2, 0) is 7.05 Å². The number of halogens is 2. The zero-order valence-corrected chi connectivity index (χ0v) is 23.6. The molecule has 9 heteroatoms. The maximum absolute atomic E-state index is 13.8. The molecule has 0 unspecified atom stereocenters. The number of pyridine rings is 1. The summed E-state index contributed by atoms with van der Waals surface area (Å²) in [6.07, 6.45) is 7.21. The Bertz CT molecular complexity index is 1510. The molecule has 2 amide bonds. The standard InChI is InChI=1S/C28H25Br2N5O2/c1-18-16-34(11-12-35(18)27(36)20-15-31-33(2)17-20)28(37)25-14-23(9-5-19-3-6-21(29)7-4-19)32-26-10-8-22(30)13-24(25)26/h3-10,13-15,17-18H,11-12,16H2,1-2H3/b9-5+/t18-/m0/s1. The van der Waals surface area contributed by atoms with Gasteiger partial charge in [0.1, 0.15) is 0 Å². The Kier molecular flexibility index (Phi) is 7.26. The number of fused-ring (bicyclic) bond motifs is 1. The third-order valence-electron chi connectivity index (χ3n) is 6.46. The highest BCUT2D eigenvalue weighted by Crippen LogP contribution is 2.26. The summed E-state index contributed by atoms with van der Waals surface area (Å²) in [4.78, 5) is 35.2. The normalized spacial score (nSPS) is 16.1. The summed E-state index contributed by atoms with van der Waals surface area (Å²) in [5.74, 6) is -0.129. The number of amides is 2. The first-order valence-electron chi connectivity index (χ1n) is 11.9. The van der Waals surface area contributed by atoms with Gasteiger partial charge in [-0.3, -0.25) is 14.3 Å². The van der Waals surface area contributed by atoms with E-state index in [4.69, 9.17) is 4.98 Å². The van der Waals surface area contributed by atoms with Crippen molar-refractivity contribution in [3.8, 4) is 0 Å². The van der Waals surface area contributed by atoms with Gasteiger partial charge in [-0.25, -0.2) is 4.98 Å². The largest absolute Gasteiger partial charge is 0.335 e. The van der Waals surface area contributed by atoms with Crippen LogP contribution in [0.25, 0.3) is 23.1 Å². The van der Waals surface area contributed by atoms with Crippen molar-refractivity contribution in [2.75, 3.05) is 19.6 Å². The van der Waals surface area contributed by atoms with Crippen LogP contribution in [0.15, 0.2) is 69.9 Å². The monoisotopic (exact) mass is 621 g/mol. The number of nitrogens with zero attached hydrogens (tertiary/aromatic N) is 5. The molecule has 0 aliphatic carbocycles. The molecule has 0 saturated carbocycles. The topological polar surface area (TPSA) is 71.3 Å². The predicted octanol–water partition coefficient (Wildman–Crippen LogP) is 5.65. The van der Waals surface area contributed by atoms with E-state index in [1.165, 1.54) is 0 Å². The van der Waals surface area contributed by atoms with E-state index >= 15 is 0 Å². The zero-order chi connectivity index (χ0) is 26.1. The van der Waals surface area contributed by atoms with Crippen molar-refractivity contribution in [2.24, 2.45) is 7.05 Å². The molecular formula is C28H25Br2N5O2. The lowest BCUT2D eigenvalue weighted by molar-refractivity contribution is 0.0415. The first kappa shape index (κ1) is 25.4. The molecular weight excluding hydrogens is 598 g/mol. The second-order valence-corrected chi connectivity index (χ2v) is 11.0. The third-order valence-corrected chi connectivity index (χ3v) is 7.49. The first-order chi connectivity index (χ1) is 17.8. The van der Waals surface area contributed by atoms with E-state index in [1.807, 2.05) is 77.4 Å². The molecule has 0 bridgehead atoms. The smallest absolute Gasteiger partial charge is 0.257 e. The molecule has 1 aliphatic heterocycles. The summed E-state index contributed by atoms with van der Waals surface area (Å²) in [7, 11) is 1.79. The highest BCUT2D eigenvalue weighted by atomic mass is 79.9. The quantitative estimate of drug-likeness (QED) is 0.295. The van der Waals surface area contributed by atoms with Gasteiger partial charge in [-0.15, -0.1) is 0 Å². The van der Waals surface area contributed by atoms with E-state index in [2.05, 4.69) is 37.0 Å². The van der Waals surface area contributed by atoms with Crippen molar-refractivity contribution in [2.45, 2.75) is 13.0 Å². The Hall–Kier alpha value is -3.30. The van der Waals surface area contributed by atoms with Gasteiger partial charge in [0, 0.05) is 53.3 Å². The maximum atomic E-state index is 13.8. The summed E-state index contributed by atoms with van der Waals surface area (Å²) in [6.45, 7) is 3.34. The predicted molar refractivity (Wildman–Crippen MR) is 152 cm³/mol. The minimum atomic E-state index is -0.123. The second kappa shape index (κ2) is 10.6. The van der Waals surface area contributed by atoms with Crippen LogP contribution in [0.3, 0.4) is 0 Å². The van der Waals surface area contributed by atoms with Gasteiger partial charge in [-0.2, -0.15) is 5.10 Å². The zero-order valence-electron chi connectivity index (χ0n) is 20.4. The maximum Gasteiger partial charge on any atom is 0.257 e. The van der Waals surface area contributed by atoms with Crippen LogP contribution in [0, 0.1) is 0 Å². The van der Waals surface area contributed by atoms with Gasteiger partial charge in [0.25, 0.3) is 11.8 Å². The van der Waals surface area contributed by atoms with E-state index in [9.17, 15) is 9.59 Å². The number of benzene rings is 2. The molecule has 2 aromatic carbocycles. The minimum absolute atomic E-state index is 0.0636. The number of rotatable bonds is 4. The van der Waals surface area contributed by atoms with E-state index < -0.39 is 0 Å². The van der Waals surface area contributed by atoms with Crippen molar-refractivity contribution in [3.05, 3.63) is 92.3 Å². The van der Waals surface area contributed by atoms with Crippen LogP contribution in [-0.4, -0.2) is 62.1 Å². The molecule has 0 N–H and O–H groups in total. The lowest BCUT2D eigenvalue weighted by atomic mass is 10.0. The SMILES string of the molecule is C[C@H]1CN(C(=O)c2cc(/C=C/c3ccc(Br)cc3)nc3ccc(Br)cc23)CCN1C(=O)c1cnn(C)c1. The van der Waals surface area contributed by atoms with Crippen LogP contribution in [0.1, 0.15) is 38.9 Å². The van der Waals surface area contributed by atoms with Crippen molar-refractivity contribution < 1.29 is 9.59 Å². The fourth-order valence-corrected chi connectivity index (χ4v) is 5.17. The summed E-state index contributed by atoms with van der Waals surface area (Å²) in [5, 5.41) is 4.90. The summed E-state index contributed by atoms with van der Waals surface area (Å²) >= 11 is 6.99. The van der Waals surface area contributed by atoms with E-state index in [1.54, 1.807) is 24.1 Å². The fourth-order valence-electron chi connectivity index (χ4n) is 4.55. The van der Waals surface area contributed by atoms with E-state index in [0.29, 0.717) is 36.5 Å². The molecule has 188 valence electrons. The van der Waals surface area contributed by atoms with Gasteiger partial charge in [0.2, 0.25) is 0 Å². The average molecular weight is 623 g/mol. The summed E-state index contributed by atoms with van der Waals surface area (Å²) in [6, 6.07) is 15.5. The number of carbonyl (C=O) groups excluding carboxylic acids is 2. The molecule has 7 nitrogen and oxygen atoms in total. The number of piperazine rings is 1. The molecule has 1 atom stereocenters. The lowest BCUT2D eigenvalue weighted by Crippen LogP contribution is -2.55. The molecule has 3 heterocycles. The van der Waals surface area contributed by atoms with Crippen molar-refractivity contribution >= 4 is 66.7 Å². The molecule has 4 aromatic rings.